The molecule has 1 aliphatic heterocycles. The smallest absolute Gasteiger partial charge is 0.311 e. The zero-order chi connectivity index (χ0) is 18.4. The van der Waals surface area contributed by atoms with Gasteiger partial charge in [0.15, 0.2) is 0 Å². The number of carbonyl (C=O) groups excluding carboxylic acids is 2. The van der Waals surface area contributed by atoms with Crippen molar-refractivity contribution in [1.82, 2.24) is 20.0 Å². The molecule has 1 fully saturated rings. The molecule has 0 spiro atoms. The van der Waals surface area contributed by atoms with Gasteiger partial charge in [0.05, 0.1) is 6.04 Å². The average molecular weight is 367 g/mol. The first kappa shape index (κ1) is 19.9. The Hall–Kier alpha value is -1.44. The summed E-state index contributed by atoms with van der Waals surface area (Å²) in [5.74, 6) is -0.952. The Morgan fingerprint density at radius 1 is 1.24 bits per heavy atom. The Kier molecular flexibility index (Phi) is 7.40. The minimum atomic E-state index is -0.508. The van der Waals surface area contributed by atoms with Gasteiger partial charge in [0, 0.05) is 50.2 Å². The summed E-state index contributed by atoms with van der Waals surface area (Å²) in [6.07, 6.45) is 0. The Morgan fingerprint density at radius 3 is 2.40 bits per heavy atom. The molecule has 2 heterocycles. The van der Waals surface area contributed by atoms with E-state index in [2.05, 4.69) is 33.6 Å². The van der Waals surface area contributed by atoms with E-state index >= 15 is 0 Å². The maximum Gasteiger partial charge on any atom is 0.311 e. The second-order valence-corrected chi connectivity index (χ2v) is 7.52. The van der Waals surface area contributed by atoms with Crippen molar-refractivity contribution in [3.8, 4) is 0 Å². The van der Waals surface area contributed by atoms with Crippen molar-refractivity contribution in [2.75, 3.05) is 46.3 Å². The monoisotopic (exact) mass is 366 g/mol. The van der Waals surface area contributed by atoms with Gasteiger partial charge in [-0.2, -0.15) is 0 Å². The predicted octanol–water partition coefficient (Wildman–Crippen LogP) is 1.41. The number of nitrogens with zero attached hydrogens (tertiary/aromatic N) is 3. The van der Waals surface area contributed by atoms with E-state index in [1.165, 1.54) is 4.88 Å². The molecule has 6 nitrogen and oxygen atoms in total. The molecule has 2 rings (SSSR count). The van der Waals surface area contributed by atoms with Crippen LogP contribution in [-0.2, 0) is 9.59 Å². The zero-order valence-electron chi connectivity index (χ0n) is 15.7. The number of piperazine rings is 1. The average Bonchev–Trinajstić information content (AvgIpc) is 3.11. The van der Waals surface area contributed by atoms with Gasteiger partial charge in [-0.3, -0.25) is 14.5 Å². The fourth-order valence-corrected chi connectivity index (χ4v) is 4.27. The third kappa shape index (κ3) is 5.03. The van der Waals surface area contributed by atoms with Gasteiger partial charge >= 0.3 is 11.8 Å². The first-order valence-electron chi connectivity index (χ1n) is 9.03. The number of carbonyl (C=O) groups is 2. The molecule has 0 unspecified atom stereocenters. The second kappa shape index (κ2) is 9.31. The minimum Gasteiger partial charge on any atom is -0.343 e. The molecule has 1 aromatic rings. The summed E-state index contributed by atoms with van der Waals surface area (Å²) in [6, 6.07) is 4.12. The molecule has 0 saturated carbocycles. The predicted molar refractivity (Wildman–Crippen MR) is 102 cm³/mol. The van der Waals surface area contributed by atoms with E-state index in [-0.39, 0.29) is 12.1 Å². The molecule has 7 heteroatoms. The van der Waals surface area contributed by atoms with Crippen molar-refractivity contribution >= 4 is 23.2 Å². The highest BCUT2D eigenvalue weighted by Gasteiger charge is 2.31. The number of likely N-dealkylation sites (N-methyl/N-ethyl adjacent to an activating group) is 2. The lowest BCUT2D eigenvalue weighted by molar-refractivity contribution is -0.146. The SMILES string of the molecule is CCN(CC)C(=O)C(=O)N[C@H](C)[C@@H](c1cccs1)N1CCN(C)CC1. The fraction of sp³-hybridized carbons (Fsp3) is 0.667. The van der Waals surface area contributed by atoms with Gasteiger partial charge in [-0.05, 0) is 39.3 Å². The minimum absolute atomic E-state index is 0.0992. The largest absolute Gasteiger partial charge is 0.343 e. The van der Waals surface area contributed by atoms with E-state index in [0.29, 0.717) is 13.1 Å². The van der Waals surface area contributed by atoms with E-state index in [4.69, 9.17) is 0 Å². The molecule has 2 atom stereocenters. The summed E-state index contributed by atoms with van der Waals surface area (Å²) in [6.45, 7) is 10.8. The van der Waals surface area contributed by atoms with Crippen LogP contribution < -0.4 is 5.32 Å². The molecular formula is C18H30N4O2S. The molecular weight excluding hydrogens is 336 g/mol. The van der Waals surface area contributed by atoms with Gasteiger partial charge in [-0.15, -0.1) is 11.3 Å². The van der Waals surface area contributed by atoms with Crippen molar-refractivity contribution in [3.05, 3.63) is 22.4 Å². The van der Waals surface area contributed by atoms with Crippen molar-refractivity contribution in [3.63, 3.8) is 0 Å². The van der Waals surface area contributed by atoms with Crippen LogP contribution in [0.4, 0.5) is 0 Å². The van der Waals surface area contributed by atoms with Crippen LogP contribution in [0.15, 0.2) is 17.5 Å². The summed E-state index contributed by atoms with van der Waals surface area (Å²) in [4.78, 5) is 32.2. The highest BCUT2D eigenvalue weighted by molar-refractivity contribution is 7.10. The topological polar surface area (TPSA) is 55.9 Å². The van der Waals surface area contributed by atoms with Gasteiger partial charge in [0.2, 0.25) is 0 Å². The van der Waals surface area contributed by atoms with Crippen LogP contribution in [0.1, 0.15) is 31.7 Å². The molecule has 140 valence electrons. The fourth-order valence-electron chi connectivity index (χ4n) is 3.30. The maximum absolute atomic E-state index is 12.4. The first-order chi connectivity index (χ1) is 12.0. The molecule has 0 bridgehead atoms. The number of rotatable bonds is 6. The van der Waals surface area contributed by atoms with E-state index in [1.807, 2.05) is 26.8 Å². The summed E-state index contributed by atoms with van der Waals surface area (Å²) in [5, 5.41) is 5.01. The van der Waals surface area contributed by atoms with Crippen LogP contribution in [0.25, 0.3) is 0 Å². The lowest BCUT2D eigenvalue weighted by Crippen LogP contribution is -2.53. The van der Waals surface area contributed by atoms with Crippen LogP contribution in [0, 0.1) is 0 Å². The molecule has 25 heavy (non-hydrogen) atoms. The van der Waals surface area contributed by atoms with E-state index in [9.17, 15) is 9.59 Å². The van der Waals surface area contributed by atoms with Crippen molar-refractivity contribution in [2.24, 2.45) is 0 Å². The third-order valence-corrected chi connectivity index (χ3v) is 5.79. The summed E-state index contributed by atoms with van der Waals surface area (Å²) in [5.41, 5.74) is 0. The van der Waals surface area contributed by atoms with Gasteiger partial charge in [-0.1, -0.05) is 6.07 Å². The highest BCUT2D eigenvalue weighted by atomic mass is 32.1. The normalized spacial score (nSPS) is 18.6. The van der Waals surface area contributed by atoms with E-state index < -0.39 is 11.8 Å². The molecule has 2 amide bonds. The first-order valence-corrected chi connectivity index (χ1v) is 9.91. The van der Waals surface area contributed by atoms with Crippen LogP contribution in [0.5, 0.6) is 0 Å². The number of thiophene rings is 1. The van der Waals surface area contributed by atoms with E-state index in [0.717, 1.165) is 26.2 Å². The quantitative estimate of drug-likeness (QED) is 0.774. The summed E-state index contributed by atoms with van der Waals surface area (Å²) >= 11 is 1.70. The summed E-state index contributed by atoms with van der Waals surface area (Å²) < 4.78 is 0. The van der Waals surface area contributed by atoms with Crippen molar-refractivity contribution < 1.29 is 9.59 Å². The lowest BCUT2D eigenvalue weighted by Gasteiger charge is -2.40. The van der Waals surface area contributed by atoms with Gasteiger partial charge in [0.1, 0.15) is 0 Å². The second-order valence-electron chi connectivity index (χ2n) is 6.54. The van der Waals surface area contributed by atoms with Crippen LogP contribution in [0.3, 0.4) is 0 Å². The van der Waals surface area contributed by atoms with Crippen LogP contribution >= 0.6 is 11.3 Å². The van der Waals surface area contributed by atoms with Gasteiger partial charge in [0.25, 0.3) is 0 Å². The summed E-state index contributed by atoms with van der Waals surface area (Å²) in [7, 11) is 2.13. The molecule has 0 aromatic carbocycles. The molecule has 1 aliphatic rings. The third-order valence-electron chi connectivity index (χ3n) is 4.84. The van der Waals surface area contributed by atoms with Crippen molar-refractivity contribution in [2.45, 2.75) is 32.9 Å². The van der Waals surface area contributed by atoms with Crippen molar-refractivity contribution in [1.29, 1.82) is 0 Å². The molecule has 0 aliphatic carbocycles. The molecule has 1 aromatic heterocycles. The highest BCUT2D eigenvalue weighted by Crippen LogP contribution is 2.29. The molecule has 1 N–H and O–H groups in total. The standard InChI is InChI=1S/C18H30N4O2S/c1-5-21(6-2)18(24)17(23)19-14(3)16(15-8-7-13-25-15)22-11-9-20(4)10-12-22/h7-8,13-14,16H,5-6,9-12H2,1-4H3,(H,19,23)/t14-,16+/m1/s1. The van der Waals surface area contributed by atoms with Crippen LogP contribution in [0.2, 0.25) is 0 Å². The maximum atomic E-state index is 12.4. The van der Waals surface area contributed by atoms with Gasteiger partial charge in [-0.25, -0.2) is 0 Å². The number of hydrogen-bond acceptors (Lipinski definition) is 5. The number of amides is 2. The van der Waals surface area contributed by atoms with E-state index in [1.54, 1.807) is 16.2 Å². The number of hydrogen-bond donors (Lipinski definition) is 1. The Balaban J connectivity index is 2.09. The van der Waals surface area contributed by atoms with Gasteiger partial charge < -0.3 is 15.1 Å². The molecule has 0 radical (unpaired) electrons. The lowest BCUT2D eigenvalue weighted by atomic mass is 10.0. The van der Waals surface area contributed by atoms with Crippen LogP contribution in [-0.4, -0.2) is 78.9 Å². The molecule has 1 saturated heterocycles. The zero-order valence-corrected chi connectivity index (χ0v) is 16.5. The Bertz CT molecular complexity index is 551. The number of nitrogens with one attached hydrogen (secondary N) is 1. The Labute approximate surface area is 154 Å². The Morgan fingerprint density at radius 2 is 1.88 bits per heavy atom.